The largest absolute Gasteiger partial charge is 0.439 e. The van der Waals surface area contributed by atoms with Gasteiger partial charge in [-0.1, -0.05) is 53.5 Å². The summed E-state index contributed by atoms with van der Waals surface area (Å²) in [5, 5.41) is 5.84. The fourth-order valence-corrected chi connectivity index (χ4v) is 4.77. The normalized spacial score (nSPS) is 15.1. The van der Waals surface area contributed by atoms with Crippen molar-refractivity contribution in [1.29, 1.82) is 0 Å². The third kappa shape index (κ3) is 5.82. The molecule has 0 N–H and O–H groups in total. The molecule has 5 rings (SSSR count). The standard InChI is InChI=1S/C29H27Cl2N3O3/c1-20-26(19-33(18-24-10-7-17-36-24)28(35)25-11-5-6-12-27(25)31)29(37-23-8-3-2-4-9-23)34(32-20)22-15-13-21(30)14-16-22/h2-6,8-9,11-16,24H,7,10,17-19H2,1H3/t24-/m0/s1. The van der Waals surface area contributed by atoms with Gasteiger partial charge in [0.15, 0.2) is 0 Å². The van der Waals surface area contributed by atoms with Crippen molar-refractivity contribution in [2.24, 2.45) is 0 Å². The Balaban J connectivity index is 1.56. The summed E-state index contributed by atoms with van der Waals surface area (Å²) >= 11 is 12.6. The van der Waals surface area contributed by atoms with Crippen LogP contribution in [-0.4, -0.2) is 39.8 Å². The summed E-state index contributed by atoms with van der Waals surface area (Å²) in [6.07, 6.45) is 1.86. The summed E-state index contributed by atoms with van der Waals surface area (Å²) in [5.74, 6) is 1.04. The highest BCUT2D eigenvalue weighted by molar-refractivity contribution is 6.33. The number of halogens is 2. The van der Waals surface area contributed by atoms with E-state index in [9.17, 15) is 4.79 Å². The van der Waals surface area contributed by atoms with Gasteiger partial charge in [-0.3, -0.25) is 4.79 Å². The van der Waals surface area contributed by atoms with Crippen LogP contribution in [-0.2, 0) is 11.3 Å². The summed E-state index contributed by atoms with van der Waals surface area (Å²) in [6, 6.07) is 24.0. The average molecular weight is 536 g/mol. The van der Waals surface area contributed by atoms with Crippen LogP contribution >= 0.6 is 23.2 Å². The topological polar surface area (TPSA) is 56.6 Å². The summed E-state index contributed by atoms with van der Waals surface area (Å²) in [6.45, 7) is 3.35. The van der Waals surface area contributed by atoms with E-state index >= 15 is 0 Å². The fourth-order valence-electron chi connectivity index (χ4n) is 4.43. The van der Waals surface area contributed by atoms with E-state index in [4.69, 9.17) is 37.8 Å². The lowest BCUT2D eigenvalue weighted by Gasteiger charge is -2.26. The van der Waals surface area contributed by atoms with E-state index in [2.05, 4.69) is 0 Å². The van der Waals surface area contributed by atoms with E-state index < -0.39 is 0 Å². The molecule has 1 aliphatic heterocycles. The van der Waals surface area contributed by atoms with Crippen LogP contribution in [0.5, 0.6) is 11.6 Å². The van der Waals surface area contributed by atoms with Gasteiger partial charge in [0, 0.05) is 18.2 Å². The molecule has 1 fully saturated rings. The van der Waals surface area contributed by atoms with Crippen molar-refractivity contribution in [2.75, 3.05) is 13.2 Å². The lowest BCUT2D eigenvalue weighted by Crippen LogP contribution is -2.37. The van der Waals surface area contributed by atoms with E-state index in [1.807, 2.05) is 73.7 Å². The summed E-state index contributed by atoms with van der Waals surface area (Å²) < 4.78 is 14.0. The van der Waals surface area contributed by atoms with Gasteiger partial charge in [-0.15, -0.1) is 0 Å². The molecule has 37 heavy (non-hydrogen) atoms. The molecule has 1 aromatic heterocycles. The van der Waals surface area contributed by atoms with Crippen LogP contribution in [0.15, 0.2) is 78.9 Å². The summed E-state index contributed by atoms with van der Waals surface area (Å²) in [4.78, 5) is 15.5. The number of aryl methyl sites for hydroxylation is 1. The van der Waals surface area contributed by atoms with E-state index in [0.717, 1.165) is 29.8 Å². The van der Waals surface area contributed by atoms with Gasteiger partial charge in [0.2, 0.25) is 5.88 Å². The number of hydrogen-bond acceptors (Lipinski definition) is 4. The van der Waals surface area contributed by atoms with Gasteiger partial charge in [-0.25, -0.2) is 4.68 Å². The molecule has 0 saturated carbocycles. The smallest absolute Gasteiger partial charge is 0.255 e. The monoisotopic (exact) mass is 535 g/mol. The molecular formula is C29H27Cl2N3O3. The highest BCUT2D eigenvalue weighted by atomic mass is 35.5. The minimum Gasteiger partial charge on any atom is -0.439 e. The molecule has 2 heterocycles. The van der Waals surface area contributed by atoms with E-state index in [1.54, 1.807) is 21.7 Å². The Bertz CT molecular complexity index is 1370. The van der Waals surface area contributed by atoms with Crippen molar-refractivity contribution in [2.45, 2.75) is 32.4 Å². The van der Waals surface area contributed by atoms with Crippen molar-refractivity contribution in [3.05, 3.63) is 106 Å². The van der Waals surface area contributed by atoms with E-state index in [0.29, 0.717) is 40.4 Å². The number of benzene rings is 3. The van der Waals surface area contributed by atoms with Crippen LogP contribution in [0.2, 0.25) is 10.0 Å². The van der Waals surface area contributed by atoms with Crippen molar-refractivity contribution in [1.82, 2.24) is 14.7 Å². The van der Waals surface area contributed by atoms with Crippen molar-refractivity contribution in [3.8, 4) is 17.3 Å². The second kappa shape index (κ2) is 11.4. The maximum Gasteiger partial charge on any atom is 0.255 e. The molecule has 1 saturated heterocycles. The van der Waals surface area contributed by atoms with Crippen LogP contribution in [0.25, 0.3) is 5.69 Å². The zero-order valence-electron chi connectivity index (χ0n) is 20.4. The first-order valence-corrected chi connectivity index (χ1v) is 13.0. The lowest BCUT2D eigenvalue weighted by molar-refractivity contribution is 0.0505. The minimum atomic E-state index is -0.162. The van der Waals surface area contributed by atoms with Gasteiger partial charge in [0.25, 0.3) is 5.91 Å². The fraction of sp³-hybridized carbons (Fsp3) is 0.241. The van der Waals surface area contributed by atoms with E-state index in [-0.39, 0.29) is 18.6 Å². The van der Waals surface area contributed by atoms with Crippen LogP contribution in [0.3, 0.4) is 0 Å². The first kappa shape index (κ1) is 25.3. The molecule has 0 bridgehead atoms. The molecule has 8 heteroatoms. The molecule has 1 amide bonds. The van der Waals surface area contributed by atoms with Crippen LogP contribution in [0.1, 0.15) is 34.5 Å². The Morgan fingerprint density at radius 3 is 2.49 bits per heavy atom. The second-order valence-corrected chi connectivity index (χ2v) is 9.82. The Morgan fingerprint density at radius 1 is 1.05 bits per heavy atom. The molecule has 0 aliphatic carbocycles. The van der Waals surface area contributed by atoms with Crippen LogP contribution < -0.4 is 4.74 Å². The molecular weight excluding hydrogens is 509 g/mol. The molecule has 4 aromatic rings. The third-order valence-electron chi connectivity index (χ3n) is 6.35. The number of hydrogen-bond donors (Lipinski definition) is 0. The molecule has 0 radical (unpaired) electrons. The SMILES string of the molecule is Cc1nn(-c2ccc(Cl)cc2)c(Oc2ccccc2)c1CN(C[C@@H]1CCCO1)C(=O)c1ccccc1Cl. The minimum absolute atomic E-state index is 0.0310. The zero-order chi connectivity index (χ0) is 25.8. The van der Waals surface area contributed by atoms with Gasteiger partial charge in [0.1, 0.15) is 5.75 Å². The van der Waals surface area contributed by atoms with Crippen LogP contribution in [0, 0.1) is 6.92 Å². The number of para-hydroxylation sites is 1. The predicted molar refractivity (Wildman–Crippen MR) is 145 cm³/mol. The number of amides is 1. The molecule has 6 nitrogen and oxygen atoms in total. The van der Waals surface area contributed by atoms with Crippen molar-refractivity contribution < 1.29 is 14.3 Å². The number of carbonyl (C=O) groups excluding carboxylic acids is 1. The Hall–Kier alpha value is -3.32. The lowest BCUT2D eigenvalue weighted by atomic mass is 10.1. The second-order valence-electron chi connectivity index (χ2n) is 8.97. The van der Waals surface area contributed by atoms with E-state index in [1.165, 1.54) is 0 Å². The highest BCUT2D eigenvalue weighted by Gasteiger charge is 2.28. The number of carbonyl (C=O) groups is 1. The quantitative estimate of drug-likeness (QED) is 0.241. The molecule has 190 valence electrons. The number of ether oxygens (including phenoxy) is 2. The maximum atomic E-state index is 13.8. The Labute approximate surface area is 226 Å². The molecule has 0 spiro atoms. The average Bonchev–Trinajstić information content (AvgIpc) is 3.53. The Kier molecular flexibility index (Phi) is 7.79. The number of nitrogens with zero attached hydrogens (tertiary/aromatic N) is 3. The van der Waals surface area contributed by atoms with Gasteiger partial charge in [-0.2, -0.15) is 5.10 Å². The van der Waals surface area contributed by atoms with Crippen LogP contribution in [0.4, 0.5) is 0 Å². The van der Waals surface area contributed by atoms with Gasteiger partial charge in [-0.05, 0) is 68.3 Å². The molecule has 1 aliphatic rings. The first-order chi connectivity index (χ1) is 18.0. The van der Waals surface area contributed by atoms with Crippen molar-refractivity contribution in [3.63, 3.8) is 0 Å². The van der Waals surface area contributed by atoms with Gasteiger partial charge in [0.05, 0.1) is 40.2 Å². The molecule has 3 aromatic carbocycles. The summed E-state index contributed by atoms with van der Waals surface area (Å²) in [5.41, 5.74) is 2.81. The maximum absolute atomic E-state index is 13.8. The molecule has 1 atom stereocenters. The zero-order valence-corrected chi connectivity index (χ0v) is 22.0. The Morgan fingerprint density at radius 2 is 1.78 bits per heavy atom. The first-order valence-electron chi connectivity index (χ1n) is 12.2. The third-order valence-corrected chi connectivity index (χ3v) is 6.94. The number of aromatic nitrogens is 2. The van der Waals surface area contributed by atoms with Gasteiger partial charge < -0.3 is 14.4 Å². The molecule has 0 unspecified atom stereocenters. The van der Waals surface area contributed by atoms with Gasteiger partial charge >= 0.3 is 0 Å². The summed E-state index contributed by atoms with van der Waals surface area (Å²) in [7, 11) is 0. The highest BCUT2D eigenvalue weighted by Crippen LogP contribution is 2.33. The van der Waals surface area contributed by atoms with Crippen molar-refractivity contribution >= 4 is 29.1 Å². The number of rotatable bonds is 8. The predicted octanol–water partition coefficient (Wildman–Crippen LogP) is 7.10.